The lowest BCUT2D eigenvalue weighted by atomic mass is 10.1. The summed E-state index contributed by atoms with van der Waals surface area (Å²) in [6.07, 6.45) is 2.95. The number of amides is 1. The Morgan fingerprint density at radius 1 is 1.15 bits per heavy atom. The first-order chi connectivity index (χ1) is 13.0. The second-order valence-electron chi connectivity index (χ2n) is 5.93. The molecule has 0 spiro atoms. The topological polar surface area (TPSA) is 76.1 Å². The van der Waals surface area contributed by atoms with Crippen molar-refractivity contribution in [3.05, 3.63) is 76.7 Å². The number of rotatable bonds is 6. The van der Waals surface area contributed by atoms with Crippen LogP contribution in [0.4, 0.5) is 11.5 Å². The van der Waals surface area contributed by atoms with E-state index in [9.17, 15) is 4.79 Å². The minimum atomic E-state index is -0.395. The first kappa shape index (κ1) is 18.7. The average molecular weight is 383 g/mol. The lowest BCUT2D eigenvalue weighted by molar-refractivity contribution is 0.102. The molecule has 1 amide bonds. The number of hydrogen-bond acceptors (Lipinski definition) is 5. The van der Waals surface area contributed by atoms with Crippen LogP contribution in [0.25, 0.3) is 0 Å². The van der Waals surface area contributed by atoms with Gasteiger partial charge < -0.3 is 15.4 Å². The second-order valence-corrected chi connectivity index (χ2v) is 6.36. The molecule has 3 rings (SSSR count). The van der Waals surface area contributed by atoms with Crippen molar-refractivity contribution >= 4 is 29.0 Å². The molecule has 2 N–H and O–H groups in total. The number of carbonyl (C=O) groups is 1. The Kier molecular flexibility index (Phi) is 5.88. The summed E-state index contributed by atoms with van der Waals surface area (Å²) >= 11 is 5.98. The van der Waals surface area contributed by atoms with Crippen molar-refractivity contribution in [1.29, 1.82) is 0 Å². The molecule has 3 aromatic rings. The number of nitrogens with one attached hydrogen (secondary N) is 2. The third-order valence-electron chi connectivity index (χ3n) is 3.85. The Morgan fingerprint density at radius 3 is 2.70 bits per heavy atom. The Bertz CT molecular complexity index is 945. The van der Waals surface area contributed by atoms with E-state index < -0.39 is 5.91 Å². The lowest BCUT2D eigenvalue weighted by Gasteiger charge is -2.10. The fourth-order valence-corrected chi connectivity index (χ4v) is 2.69. The summed E-state index contributed by atoms with van der Waals surface area (Å²) in [6.45, 7) is 2.67. The van der Waals surface area contributed by atoms with Gasteiger partial charge in [-0.3, -0.25) is 4.79 Å². The van der Waals surface area contributed by atoms with Crippen LogP contribution in [0.1, 0.15) is 21.6 Å². The van der Waals surface area contributed by atoms with Crippen LogP contribution in [0.15, 0.2) is 54.9 Å². The van der Waals surface area contributed by atoms with Gasteiger partial charge in [-0.05, 0) is 30.7 Å². The van der Waals surface area contributed by atoms with E-state index in [1.807, 2.05) is 25.1 Å². The molecule has 0 unspecified atom stereocenters. The van der Waals surface area contributed by atoms with Gasteiger partial charge in [0.05, 0.1) is 25.2 Å². The molecule has 7 heteroatoms. The van der Waals surface area contributed by atoms with E-state index in [0.717, 1.165) is 5.56 Å². The standard InChI is InChI=1S/C20H19ClN4O2/c1-13-4-3-5-14(8-13)10-23-19-12-22-17(11-24-19)20(26)25-16-9-15(21)6-7-18(16)27-2/h3-9,11-12H,10H2,1-2H3,(H,23,24)(H,25,26). The van der Waals surface area contributed by atoms with Gasteiger partial charge in [0.15, 0.2) is 0 Å². The molecule has 0 aliphatic heterocycles. The fourth-order valence-electron chi connectivity index (χ4n) is 2.52. The third-order valence-corrected chi connectivity index (χ3v) is 4.09. The molecule has 27 heavy (non-hydrogen) atoms. The summed E-state index contributed by atoms with van der Waals surface area (Å²) in [5.74, 6) is 0.707. The van der Waals surface area contributed by atoms with Crippen LogP contribution in [0.3, 0.4) is 0 Å². The van der Waals surface area contributed by atoms with Crippen LogP contribution in [0.5, 0.6) is 5.75 Å². The molecule has 2 aromatic carbocycles. The normalized spacial score (nSPS) is 10.3. The molecule has 1 aromatic heterocycles. The van der Waals surface area contributed by atoms with Crippen molar-refractivity contribution in [2.75, 3.05) is 17.7 Å². The summed E-state index contributed by atoms with van der Waals surface area (Å²) in [7, 11) is 1.52. The number of aryl methyl sites for hydroxylation is 1. The Balaban J connectivity index is 1.64. The molecular formula is C20H19ClN4O2. The Labute approximate surface area is 162 Å². The van der Waals surface area contributed by atoms with E-state index in [2.05, 4.69) is 26.7 Å². The highest BCUT2D eigenvalue weighted by Crippen LogP contribution is 2.27. The van der Waals surface area contributed by atoms with Crippen molar-refractivity contribution in [3.8, 4) is 5.75 Å². The monoisotopic (exact) mass is 382 g/mol. The maximum atomic E-state index is 12.4. The third kappa shape index (κ3) is 4.95. The van der Waals surface area contributed by atoms with Crippen LogP contribution in [-0.2, 0) is 6.54 Å². The molecule has 0 bridgehead atoms. The van der Waals surface area contributed by atoms with E-state index in [1.54, 1.807) is 18.2 Å². The first-order valence-electron chi connectivity index (χ1n) is 8.31. The van der Waals surface area contributed by atoms with Crippen LogP contribution >= 0.6 is 11.6 Å². The molecule has 0 fully saturated rings. The second kappa shape index (κ2) is 8.51. The maximum absolute atomic E-state index is 12.4. The summed E-state index contributed by atoms with van der Waals surface area (Å²) in [4.78, 5) is 20.8. The van der Waals surface area contributed by atoms with Crippen LogP contribution in [-0.4, -0.2) is 23.0 Å². The maximum Gasteiger partial charge on any atom is 0.275 e. The lowest BCUT2D eigenvalue weighted by Crippen LogP contribution is -2.15. The molecule has 0 aliphatic carbocycles. The Morgan fingerprint density at radius 2 is 2.00 bits per heavy atom. The predicted octanol–water partition coefficient (Wildman–Crippen LogP) is 4.31. The number of benzene rings is 2. The number of anilines is 2. The van der Waals surface area contributed by atoms with Crippen molar-refractivity contribution in [1.82, 2.24) is 9.97 Å². The highest BCUT2D eigenvalue weighted by Gasteiger charge is 2.12. The average Bonchev–Trinajstić information content (AvgIpc) is 2.67. The number of methoxy groups -OCH3 is 1. The molecular weight excluding hydrogens is 364 g/mol. The fraction of sp³-hybridized carbons (Fsp3) is 0.150. The first-order valence-corrected chi connectivity index (χ1v) is 8.69. The molecule has 0 aliphatic rings. The van der Waals surface area contributed by atoms with Gasteiger partial charge in [0.25, 0.3) is 5.91 Å². The number of nitrogens with zero attached hydrogens (tertiary/aromatic N) is 2. The van der Waals surface area contributed by atoms with E-state index in [4.69, 9.17) is 16.3 Å². The molecule has 0 saturated carbocycles. The molecule has 0 saturated heterocycles. The highest BCUT2D eigenvalue weighted by atomic mass is 35.5. The largest absolute Gasteiger partial charge is 0.495 e. The van der Waals surface area contributed by atoms with Crippen molar-refractivity contribution in [2.24, 2.45) is 0 Å². The van der Waals surface area contributed by atoms with Crippen LogP contribution in [0.2, 0.25) is 5.02 Å². The number of carbonyl (C=O) groups excluding carboxylic acids is 1. The van der Waals surface area contributed by atoms with Crippen LogP contribution in [0, 0.1) is 6.92 Å². The summed E-state index contributed by atoms with van der Waals surface area (Å²) in [6, 6.07) is 13.2. The van der Waals surface area contributed by atoms with Gasteiger partial charge in [0, 0.05) is 11.6 Å². The quantitative estimate of drug-likeness (QED) is 0.664. The summed E-state index contributed by atoms with van der Waals surface area (Å²) in [5.41, 5.74) is 3.01. The minimum absolute atomic E-state index is 0.193. The van der Waals surface area contributed by atoms with Crippen molar-refractivity contribution in [2.45, 2.75) is 13.5 Å². The zero-order chi connectivity index (χ0) is 19.2. The number of ether oxygens (including phenoxy) is 1. The van der Waals surface area contributed by atoms with Crippen LogP contribution < -0.4 is 15.4 Å². The van der Waals surface area contributed by atoms with E-state index in [0.29, 0.717) is 28.8 Å². The highest BCUT2D eigenvalue weighted by molar-refractivity contribution is 6.31. The van der Waals surface area contributed by atoms with Gasteiger partial charge in [-0.25, -0.2) is 9.97 Å². The van der Waals surface area contributed by atoms with Gasteiger partial charge in [-0.2, -0.15) is 0 Å². The number of hydrogen-bond donors (Lipinski definition) is 2. The van der Waals surface area contributed by atoms with Gasteiger partial charge in [-0.15, -0.1) is 0 Å². The van der Waals surface area contributed by atoms with Crippen molar-refractivity contribution < 1.29 is 9.53 Å². The number of aromatic nitrogens is 2. The van der Waals surface area contributed by atoms with Gasteiger partial charge >= 0.3 is 0 Å². The molecule has 1 heterocycles. The molecule has 6 nitrogen and oxygen atoms in total. The molecule has 0 radical (unpaired) electrons. The Hall–Kier alpha value is -3.12. The SMILES string of the molecule is COc1ccc(Cl)cc1NC(=O)c1cnc(NCc2cccc(C)c2)cn1. The van der Waals surface area contributed by atoms with Gasteiger partial charge in [-0.1, -0.05) is 41.4 Å². The van der Waals surface area contributed by atoms with Gasteiger partial charge in [0.1, 0.15) is 17.3 Å². The van der Waals surface area contributed by atoms with E-state index >= 15 is 0 Å². The summed E-state index contributed by atoms with van der Waals surface area (Å²) in [5, 5.41) is 6.41. The molecule has 138 valence electrons. The van der Waals surface area contributed by atoms with Gasteiger partial charge in [0.2, 0.25) is 0 Å². The smallest absolute Gasteiger partial charge is 0.275 e. The van der Waals surface area contributed by atoms with E-state index in [1.165, 1.54) is 25.1 Å². The summed E-state index contributed by atoms with van der Waals surface area (Å²) < 4.78 is 5.22. The zero-order valence-corrected chi connectivity index (χ0v) is 15.7. The zero-order valence-electron chi connectivity index (χ0n) is 15.0. The van der Waals surface area contributed by atoms with E-state index in [-0.39, 0.29) is 5.69 Å². The minimum Gasteiger partial charge on any atom is -0.495 e. The van der Waals surface area contributed by atoms with Crippen molar-refractivity contribution in [3.63, 3.8) is 0 Å². The molecule has 0 atom stereocenters. The number of halogens is 1. The predicted molar refractivity (Wildman–Crippen MR) is 106 cm³/mol.